The number of fused-ring (bicyclic) bond motifs is 1. The predicted molar refractivity (Wildman–Crippen MR) is 126 cm³/mol. The van der Waals surface area contributed by atoms with Crippen LogP contribution in [0, 0.1) is 0 Å². The normalized spacial score (nSPS) is 17.0. The zero-order valence-corrected chi connectivity index (χ0v) is 20.5. The van der Waals surface area contributed by atoms with E-state index in [2.05, 4.69) is 15.7 Å². The van der Waals surface area contributed by atoms with Crippen molar-refractivity contribution in [3.05, 3.63) is 45.7 Å². The first kappa shape index (κ1) is 24.0. The highest BCUT2D eigenvalue weighted by Crippen LogP contribution is 2.28. The lowest BCUT2D eigenvalue weighted by Crippen LogP contribution is -2.38. The van der Waals surface area contributed by atoms with Crippen LogP contribution >= 0.6 is 11.6 Å². The largest absolute Gasteiger partial charge is 0.388 e. The number of carbonyl (C=O) groups is 3. The van der Waals surface area contributed by atoms with Crippen molar-refractivity contribution in [3.8, 4) is 0 Å². The van der Waals surface area contributed by atoms with E-state index in [4.69, 9.17) is 16.4 Å². The Morgan fingerprint density at radius 3 is 2.74 bits per heavy atom. The van der Waals surface area contributed by atoms with Gasteiger partial charge in [0, 0.05) is 50.6 Å². The molecule has 1 fully saturated rings. The molecule has 4 rings (SSSR count). The minimum absolute atomic E-state index is 0.154. The number of rotatable bonds is 6. The Morgan fingerprint density at radius 2 is 2.06 bits per heavy atom. The van der Waals surface area contributed by atoms with Crippen molar-refractivity contribution in [2.24, 2.45) is 7.05 Å². The Morgan fingerprint density at radius 1 is 1.29 bits per heavy atom. The third kappa shape index (κ3) is 4.88. The van der Waals surface area contributed by atoms with Gasteiger partial charge in [-0.05, 0) is 32.0 Å². The van der Waals surface area contributed by atoms with Gasteiger partial charge in [0.25, 0.3) is 5.91 Å². The average Bonchev–Trinajstić information content (AvgIpc) is 3.25. The standard InChI is InChI=1S/C23H29ClN6O4/c1-23(2)10-21(32)30(34-23)13-20(31)26-11-18-16-12-29(8-7-19(16)28(4)27-18)22(33)15-9-14(25-3)5-6-17(15)24/h5-6,9,25H,7-8,10-13H2,1-4H3,(H,26,31). The number of carbonyl (C=O) groups excluding carboxylic acids is 3. The summed E-state index contributed by atoms with van der Waals surface area (Å²) in [6.07, 6.45) is 0.881. The molecular weight excluding hydrogens is 460 g/mol. The van der Waals surface area contributed by atoms with Crippen LogP contribution < -0.4 is 10.6 Å². The van der Waals surface area contributed by atoms with E-state index in [1.54, 1.807) is 42.6 Å². The number of aromatic nitrogens is 2. The molecule has 2 aromatic rings. The van der Waals surface area contributed by atoms with Crippen molar-refractivity contribution in [2.45, 2.75) is 45.4 Å². The molecular formula is C23H29ClN6O4. The molecule has 0 spiro atoms. The lowest BCUT2D eigenvalue weighted by atomic mass is 10.0. The highest BCUT2D eigenvalue weighted by atomic mass is 35.5. The van der Waals surface area contributed by atoms with Gasteiger partial charge in [-0.15, -0.1) is 0 Å². The number of nitrogens with zero attached hydrogens (tertiary/aromatic N) is 4. The van der Waals surface area contributed by atoms with Gasteiger partial charge in [-0.2, -0.15) is 5.10 Å². The van der Waals surface area contributed by atoms with Crippen LogP contribution in [0.5, 0.6) is 0 Å². The van der Waals surface area contributed by atoms with E-state index >= 15 is 0 Å². The van der Waals surface area contributed by atoms with Crippen LogP contribution in [-0.4, -0.2) is 63.2 Å². The maximum atomic E-state index is 13.2. The molecule has 11 heteroatoms. The van der Waals surface area contributed by atoms with Gasteiger partial charge in [0.2, 0.25) is 11.8 Å². The summed E-state index contributed by atoms with van der Waals surface area (Å²) in [6.45, 7) is 4.53. The van der Waals surface area contributed by atoms with Crippen molar-refractivity contribution < 1.29 is 19.2 Å². The van der Waals surface area contributed by atoms with Gasteiger partial charge in [-0.25, -0.2) is 5.06 Å². The Labute approximate surface area is 203 Å². The van der Waals surface area contributed by atoms with E-state index in [0.29, 0.717) is 35.8 Å². The van der Waals surface area contributed by atoms with Crippen LogP contribution in [0.4, 0.5) is 5.69 Å². The van der Waals surface area contributed by atoms with Crippen molar-refractivity contribution in [2.75, 3.05) is 25.5 Å². The van der Waals surface area contributed by atoms with Gasteiger partial charge in [0.1, 0.15) is 6.54 Å². The fourth-order valence-electron chi connectivity index (χ4n) is 4.32. The molecule has 0 bridgehead atoms. The summed E-state index contributed by atoms with van der Waals surface area (Å²) in [6, 6.07) is 5.27. The molecule has 34 heavy (non-hydrogen) atoms. The molecule has 10 nitrogen and oxygen atoms in total. The third-order valence-corrected chi connectivity index (χ3v) is 6.38. The topological polar surface area (TPSA) is 109 Å². The second kappa shape index (κ2) is 9.27. The van der Waals surface area contributed by atoms with Gasteiger partial charge in [0.05, 0.1) is 34.8 Å². The van der Waals surface area contributed by atoms with Crippen LogP contribution in [0.1, 0.15) is 47.6 Å². The molecule has 0 saturated carbocycles. The van der Waals surface area contributed by atoms with Gasteiger partial charge < -0.3 is 15.5 Å². The van der Waals surface area contributed by atoms with E-state index < -0.39 is 5.60 Å². The number of hydrogen-bond acceptors (Lipinski definition) is 6. The summed E-state index contributed by atoms with van der Waals surface area (Å²) in [5.41, 5.74) is 3.27. The molecule has 0 unspecified atom stereocenters. The first-order valence-corrected chi connectivity index (χ1v) is 11.5. The molecule has 0 atom stereocenters. The van der Waals surface area contributed by atoms with Crippen LogP contribution in [0.2, 0.25) is 5.02 Å². The lowest BCUT2D eigenvalue weighted by molar-refractivity contribution is -0.192. The number of hydroxylamine groups is 2. The molecule has 1 aromatic carbocycles. The first-order chi connectivity index (χ1) is 16.1. The Kier molecular flexibility index (Phi) is 6.55. The van der Waals surface area contributed by atoms with Crippen LogP contribution in [0.15, 0.2) is 18.2 Å². The summed E-state index contributed by atoms with van der Waals surface area (Å²) in [7, 11) is 3.64. The fraction of sp³-hybridized carbons (Fsp3) is 0.478. The summed E-state index contributed by atoms with van der Waals surface area (Å²) in [5, 5.41) is 11.9. The quantitative estimate of drug-likeness (QED) is 0.642. The van der Waals surface area contributed by atoms with Crippen LogP contribution in [-0.2, 0) is 41.0 Å². The van der Waals surface area contributed by atoms with E-state index in [-0.39, 0.29) is 37.2 Å². The molecule has 0 radical (unpaired) electrons. The van der Waals surface area contributed by atoms with Crippen molar-refractivity contribution >= 4 is 35.0 Å². The molecule has 2 aliphatic rings. The van der Waals surface area contributed by atoms with E-state index in [0.717, 1.165) is 22.0 Å². The molecule has 0 aliphatic carbocycles. The van der Waals surface area contributed by atoms with E-state index in [9.17, 15) is 14.4 Å². The zero-order chi connectivity index (χ0) is 24.6. The molecule has 3 amide bonds. The number of aryl methyl sites for hydroxylation is 1. The van der Waals surface area contributed by atoms with Gasteiger partial charge >= 0.3 is 0 Å². The van der Waals surface area contributed by atoms with E-state index in [1.165, 1.54) is 0 Å². The number of amides is 3. The predicted octanol–water partition coefficient (Wildman–Crippen LogP) is 1.87. The minimum Gasteiger partial charge on any atom is -0.388 e. The molecule has 1 aromatic heterocycles. The van der Waals surface area contributed by atoms with Gasteiger partial charge in [-0.1, -0.05) is 11.6 Å². The Hall–Kier alpha value is -3.11. The Balaban J connectivity index is 1.44. The monoisotopic (exact) mass is 488 g/mol. The van der Waals surface area contributed by atoms with Crippen molar-refractivity contribution in [1.29, 1.82) is 0 Å². The minimum atomic E-state index is -0.608. The lowest BCUT2D eigenvalue weighted by Gasteiger charge is -2.28. The maximum Gasteiger partial charge on any atom is 0.255 e. The molecule has 2 aliphatic heterocycles. The third-order valence-electron chi connectivity index (χ3n) is 6.05. The van der Waals surface area contributed by atoms with E-state index in [1.807, 2.05) is 13.1 Å². The summed E-state index contributed by atoms with van der Waals surface area (Å²) >= 11 is 6.31. The smallest absolute Gasteiger partial charge is 0.255 e. The summed E-state index contributed by atoms with van der Waals surface area (Å²) < 4.78 is 1.79. The highest BCUT2D eigenvalue weighted by Gasteiger charge is 2.38. The highest BCUT2D eigenvalue weighted by molar-refractivity contribution is 6.34. The second-order valence-corrected chi connectivity index (χ2v) is 9.56. The number of hydrogen-bond donors (Lipinski definition) is 2. The second-order valence-electron chi connectivity index (χ2n) is 9.15. The average molecular weight is 489 g/mol. The van der Waals surface area contributed by atoms with Gasteiger partial charge in [0.15, 0.2) is 0 Å². The molecule has 182 valence electrons. The SMILES string of the molecule is CNc1ccc(Cl)c(C(=O)N2CCc3c(c(CNC(=O)CN4OC(C)(C)CC4=O)nn3C)C2)c1. The maximum absolute atomic E-state index is 13.2. The van der Waals surface area contributed by atoms with Crippen LogP contribution in [0.25, 0.3) is 0 Å². The van der Waals surface area contributed by atoms with Gasteiger partial charge in [-0.3, -0.25) is 23.9 Å². The van der Waals surface area contributed by atoms with Crippen molar-refractivity contribution in [1.82, 2.24) is 25.1 Å². The number of nitrogens with one attached hydrogen (secondary N) is 2. The fourth-order valence-corrected chi connectivity index (χ4v) is 4.52. The number of halogens is 1. The Bertz CT molecular complexity index is 1140. The molecule has 2 N–H and O–H groups in total. The summed E-state index contributed by atoms with van der Waals surface area (Å²) in [4.78, 5) is 45.0. The molecule has 3 heterocycles. The van der Waals surface area contributed by atoms with Crippen molar-refractivity contribution in [3.63, 3.8) is 0 Å². The molecule has 1 saturated heterocycles. The first-order valence-electron chi connectivity index (χ1n) is 11.1. The number of benzene rings is 1. The summed E-state index contributed by atoms with van der Waals surface area (Å²) in [5.74, 6) is -0.714. The zero-order valence-electron chi connectivity index (χ0n) is 19.8. The number of anilines is 1. The van der Waals surface area contributed by atoms with Crippen LogP contribution in [0.3, 0.4) is 0 Å².